The second-order valence-corrected chi connectivity index (χ2v) is 7.12. The second kappa shape index (κ2) is 7.44. The molecule has 0 aromatic heterocycles. The molecule has 1 saturated heterocycles. The van der Waals surface area contributed by atoms with Crippen LogP contribution in [0, 0.1) is 5.92 Å². The molecule has 1 nitrogen and oxygen atoms in total. The van der Waals surface area contributed by atoms with Crippen molar-refractivity contribution in [2.75, 3.05) is 6.61 Å². The van der Waals surface area contributed by atoms with Crippen LogP contribution in [0.2, 0.25) is 0 Å². The number of alkyl halides is 1. The van der Waals surface area contributed by atoms with Crippen LogP contribution in [-0.2, 0) is 11.2 Å². The van der Waals surface area contributed by atoms with E-state index in [1.165, 1.54) is 36.8 Å². The van der Waals surface area contributed by atoms with Crippen molar-refractivity contribution in [3.8, 4) is 0 Å². The molecule has 1 aliphatic heterocycles. The van der Waals surface area contributed by atoms with Gasteiger partial charge in [0.25, 0.3) is 0 Å². The number of rotatable bonds is 6. The largest absolute Gasteiger partial charge is 0.378 e. The molecule has 2 unspecified atom stereocenters. The Morgan fingerprint density at radius 1 is 1.26 bits per heavy atom. The Balaban J connectivity index is 1.82. The van der Waals surface area contributed by atoms with Crippen molar-refractivity contribution in [1.29, 1.82) is 0 Å². The summed E-state index contributed by atoms with van der Waals surface area (Å²) in [5.41, 5.74) is 2.84. The van der Waals surface area contributed by atoms with Crippen molar-refractivity contribution in [3.05, 3.63) is 35.4 Å². The third-order valence-electron chi connectivity index (χ3n) is 3.75. The highest BCUT2D eigenvalue weighted by Crippen LogP contribution is 2.30. The molecule has 0 amide bonds. The van der Waals surface area contributed by atoms with Gasteiger partial charge in [0.2, 0.25) is 0 Å². The summed E-state index contributed by atoms with van der Waals surface area (Å²) in [6.07, 6.45) is 6.48. The molecule has 19 heavy (non-hydrogen) atoms. The van der Waals surface area contributed by atoms with Crippen molar-refractivity contribution < 1.29 is 4.74 Å². The van der Waals surface area contributed by atoms with E-state index < -0.39 is 0 Å². The summed E-state index contributed by atoms with van der Waals surface area (Å²) < 4.78 is 5.68. The Kier molecular flexibility index (Phi) is 5.90. The summed E-state index contributed by atoms with van der Waals surface area (Å²) in [5, 5.41) is 0. The summed E-state index contributed by atoms with van der Waals surface area (Å²) in [6, 6.07) is 9.09. The smallest absolute Gasteiger partial charge is 0.0576 e. The minimum absolute atomic E-state index is 0.463. The van der Waals surface area contributed by atoms with Crippen LogP contribution in [0.5, 0.6) is 0 Å². The van der Waals surface area contributed by atoms with Crippen LogP contribution >= 0.6 is 15.9 Å². The number of halogens is 1. The zero-order valence-corrected chi connectivity index (χ0v) is 13.7. The monoisotopic (exact) mass is 324 g/mol. The van der Waals surface area contributed by atoms with Crippen LogP contribution < -0.4 is 0 Å². The van der Waals surface area contributed by atoms with Crippen LogP contribution in [0.1, 0.15) is 55.5 Å². The number of hydrogen-bond donors (Lipinski definition) is 0. The SMILES string of the molecule is CC(C)Cc1ccc(C(Br)CCC2CCCO2)cc1. The average molecular weight is 325 g/mol. The molecule has 0 saturated carbocycles. The van der Waals surface area contributed by atoms with Crippen molar-refractivity contribution in [2.24, 2.45) is 5.92 Å². The van der Waals surface area contributed by atoms with E-state index >= 15 is 0 Å². The second-order valence-electron chi connectivity index (χ2n) is 6.02. The fourth-order valence-corrected chi connectivity index (χ4v) is 3.27. The molecule has 0 radical (unpaired) electrons. The van der Waals surface area contributed by atoms with E-state index in [1.54, 1.807) is 0 Å². The third kappa shape index (κ3) is 4.92. The minimum atomic E-state index is 0.463. The molecule has 1 aromatic rings. The van der Waals surface area contributed by atoms with Crippen LogP contribution in [0.25, 0.3) is 0 Å². The molecule has 2 heteroatoms. The predicted molar refractivity (Wildman–Crippen MR) is 84.9 cm³/mol. The molecule has 0 N–H and O–H groups in total. The van der Waals surface area contributed by atoms with Crippen molar-refractivity contribution in [3.63, 3.8) is 0 Å². The first-order valence-corrected chi connectivity index (χ1v) is 8.41. The zero-order valence-electron chi connectivity index (χ0n) is 12.1. The molecule has 2 atom stereocenters. The number of benzene rings is 1. The van der Waals surface area contributed by atoms with E-state index in [1.807, 2.05) is 0 Å². The Labute approximate surface area is 125 Å². The van der Waals surface area contributed by atoms with Gasteiger partial charge in [-0.25, -0.2) is 0 Å². The first-order chi connectivity index (χ1) is 9.15. The molecule has 0 aliphatic carbocycles. The standard InChI is InChI=1S/C17H25BrO/c1-13(2)12-14-5-7-15(8-6-14)17(18)10-9-16-4-3-11-19-16/h5-8,13,16-17H,3-4,9-12H2,1-2H3. The lowest BCUT2D eigenvalue weighted by Gasteiger charge is -2.14. The minimum Gasteiger partial charge on any atom is -0.378 e. The van der Waals surface area contributed by atoms with E-state index in [0.717, 1.165) is 18.9 Å². The molecule has 1 aromatic carbocycles. The molecule has 0 bridgehead atoms. The van der Waals surface area contributed by atoms with Crippen LogP contribution in [0.4, 0.5) is 0 Å². The van der Waals surface area contributed by atoms with Gasteiger partial charge in [-0.15, -0.1) is 0 Å². The van der Waals surface area contributed by atoms with Gasteiger partial charge in [0, 0.05) is 11.4 Å². The topological polar surface area (TPSA) is 9.23 Å². The van der Waals surface area contributed by atoms with Gasteiger partial charge in [0.1, 0.15) is 0 Å². The molecular weight excluding hydrogens is 300 g/mol. The molecule has 1 fully saturated rings. The molecule has 0 spiro atoms. The molecule has 1 aliphatic rings. The third-order valence-corrected chi connectivity index (χ3v) is 4.74. The molecule has 2 rings (SSSR count). The zero-order chi connectivity index (χ0) is 13.7. The lowest BCUT2D eigenvalue weighted by molar-refractivity contribution is 0.102. The maximum absolute atomic E-state index is 5.68. The maximum Gasteiger partial charge on any atom is 0.0576 e. The normalized spacial score (nSPS) is 20.9. The fraction of sp³-hybridized carbons (Fsp3) is 0.647. The Morgan fingerprint density at radius 3 is 2.58 bits per heavy atom. The Bertz CT molecular complexity index is 365. The molecule has 106 valence electrons. The molecule has 1 heterocycles. The van der Waals surface area contributed by atoms with E-state index in [-0.39, 0.29) is 0 Å². The van der Waals surface area contributed by atoms with E-state index in [4.69, 9.17) is 4.74 Å². The van der Waals surface area contributed by atoms with E-state index in [0.29, 0.717) is 10.9 Å². The van der Waals surface area contributed by atoms with Crippen molar-refractivity contribution >= 4 is 15.9 Å². The van der Waals surface area contributed by atoms with Gasteiger partial charge in [0.15, 0.2) is 0 Å². The van der Waals surface area contributed by atoms with E-state index in [2.05, 4.69) is 54.0 Å². The highest BCUT2D eigenvalue weighted by atomic mass is 79.9. The van der Waals surface area contributed by atoms with Gasteiger partial charge < -0.3 is 4.74 Å². The Morgan fingerprint density at radius 2 is 2.00 bits per heavy atom. The summed E-state index contributed by atoms with van der Waals surface area (Å²) >= 11 is 3.81. The van der Waals surface area contributed by atoms with Gasteiger partial charge in [-0.05, 0) is 49.1 Å². The van der Waals surface area contributed by atoms with Crippen LogP contribution in [-0.4, -0.2) is 12.7 Å². The van der Waals surface area contributed by atoms with Gasteiger partial charge in [-0.2, -0.15) is 0 Å². The summed E-state index contributed by atoms with van der Waals surface area (Å²) in [6.45, 7) is 5.49. The van der Waals surface area contributed by atoms with Gasteiger partial charge in [0.05, 0.1) is 6.10 Å². The summed E-state index contributed by atoms with van der Waals surface area (Å²) in [7, 11) is 0. The summed E-state index contributed by atoms with van der Waals surface area (Å²) in [4.78, 5) is 0.463. The number of hydrogen-bond acceptors (Lipinski definition) is 1. The van der Waals surface area contributed by atoms with Gasteiger partial charge in [-0.3, -0.25) is 0 Å². The lowest BCUT2D eigenvalue weighted by Crippen LogP contribution is -2.05. The Hall–Kier alpha value is -0.340. The van der Waals surface area contributed by atoms with Crippen LogP contribution in [0.15, 0.2) is 24.3 Å². The summed E-state index contributed by atoms with van der Waals surface area (Å²) in [5.74, 6) is 0.727. The molecular formula is C17H25BrO. The predicted octanol–water partition coefficient (Wildman–Crippen LogP) is 5.28. The first-order valence-electron chi connectivity index (χ1n) is 7.49. The average Bonchev–Trinajstić information content (AvgIpc) is 2.89. The first kappa shape index (κ1) is 15.1. The maximum atomic E-state index is 5.68. The van der Waals surface area contributed by atoms with Crippen LogP contribution in [0.3, 0.4) is 0 Å². The highest BCUT2D eigenvalue weighted by Gasteiger charge is 2.17. The number of ether oxygens (including phenoxy) is 1. The van der Waals surface area contributed by atoms with Crippen molar-refractivity contribution in [1.82, 2.24) is 0 Å². The van der Waals surface area contributed by atoms with E-state index in [9.17, 15) is 0 Å². The quantitative estimate of drug-likeness (QED) is 0.647. The highest BCUT2D eigenvalue weighted by molar-refractivity contribution is 9.09. The van der Waals surface area contributed by atoms with Crippen molar-refractivity contribution in [2.45, 2.75) is 56.9 Å². The fourth-order valence-electron chi connectivity index (χ4n) is 2.70. The lowest BCUT2D eigenvalue weighted by atomic mass is 9.99. The van der Waals surface area contributed by atoms with Gasteiger partial charge >= 0.3 is 0 Å². The van der Waals surface area contributed by atoms with Gasteiger partial charge in [-0.1, -0.05) is 54.0 Å².